The summed E-state index contributed by atoms with van der Waals surface area (Å²) < 4.78 is 0. The van der Waals surface area contributed by atoms with E-state index in [1.54, 1.807) is 11.1 Å². The summed E-state index contributed by atoms with van der Waals surface area (Å²) in [5.74, 6) is 1.51. The number of benzene rings is 1. The quantitative estimate of drug-likeness (QED) is 0.624. The van der Waals surface area contributed by atoms with E-state index < -0.39 is 0 Å². The predicted octanol–water partition coefficient (Wildman–Crippen LogP) is 3.53. The maximum Gasteiger partial charge on any atom is 0.0270 e. The fraction of sp³-hybridized carbons (Fsp3) is 0.357. The first kappa shape index (κ1) is 8.28. The monoisotopic (exact) mass is 183 g/mol. The minimum atomic E-state index is 1.16. The summed E-state index contributed by atoms with van der Waals surface area (Å²) in [6.07, 6.45) is 9.63. The third-order valence-electron chi connectivity index (χ3n) is 3.45. The predicted molar refractivity (Wildman–Crippen MR) is 60.1 cm³/mol. The molecule has 0 aromatic heterocycles. The van der Waals surface area contributed by atoms with Gasteiger partial charge < -0.3 is 0 Å². The molecule has 0 aliphatic heterocycles. The molecule has 1 aromatic carbocycles. The second-order valence-corrected chi connectivity index (χ2v) is 4.27. The van der Waals surface area contributed by atoms with Gasteiger partial charge in [0.15, 0.2) is 0 Å². The van der Waals surface area contributed by atoms with Gasteiger partial charge in [0.05, 0.1) is 0 Å². The van der Waals surface area contributed by atoms with Crippen molar-refractivity contribution in [1.29, 1.82) is 0 Å². The van der Waals surface area contributed by atoms with Crippen LogP contribution >= 0.6 is 0 Å². The van der Waals surface area contributed by atoms with Gasteiger partial charge in [-0.1, -0.05) is 31.2 Å². The number of hydrogen-bond acceptors (Lipinski definition) is 0. The van der Waals surface area contributed by atoms with Crippen molar-refractivity contribution in [2.24, 2.45) is 0 Å². The molecule has 71 valence electrons. The molecule has 0 nitrogen and oxygen atoms in total. The van der Waals surface area contributed by atoms with Crippen molar-refractivity contribution < 1.29 is 0 Å². The van der Waals surface area contributed by atoms with E-state index in [9.17, 15) is 0 Å². The van der Waals surface area contributed by atoms with E-state index in [-0.39, 0.29) is 0 Å². The van der Waals surface area contributed by atoms with Crippen LogP contribution in [0.2, 0.25) is 0 Å². The van der Waals surface area contributed by atoms with E-state index in [2.05, 4.69) is 31.2 Å². The Kier molecular flexibility index (Phi) is 1.76. The number of rotatable bonds is 1. The Bertz CT molecular complexity index is 399. The zero-order valence-corrected chi connectivity index (χ0v) is 8.64. The third kappa shape index (κ3) is 1.06. The first-order chi connectivity index (χ1) is 6.88. The molecule has 0 bridgehead atoms. The standard InChI is InChI=1S/C14H15/c1-2-10-6-7-13-8-11-4-3-5-12(11)9-14(10)13/h6-9H,2-5H2,1H3. The summed E-state index contributed by atoms with van der Waals surface area (Å²) in [6, 6.07) is 4.83. The molecule has 0 spiro atoms. The van der Waals surface area contributed by atoms with Crippen LogP contribution < -0.4 is 0 Å². The van der Waals surface area contributed by atoms with Crippen molar-refractivity contribution in [2.75, 3.05) is 0 Å². The van der Waals surface area contributed by atoms with Crippen molar-refractivity contribution in [3.8, 4) is 0 Å². The summed E-state index contributed by atoms with van der Waals surface area (Å²) in [4.78, 5) is 0. The van der Waals surface area contributed by atoms with E-state index >= 15 is 0 Å². The Morgan fingerprint density at radius 2 is 1.86 bits per heavy atom. The van der Waals surface area contributed by atoms with E-state index in [1.165, 1.54) is 36.3 Å². The minimum Gasteiger partial charge on any atom is -0.0721 e. The van der Waals surface area contributed by atoms with Gasteiger partial charge in [-0.15, -0.1) is 0 Å². The minimum absolute atomic E-state index is 1.16. The fourth-order valence-electron chi connectivity index (χ4n) is 2.65. The van der Waals surface area contributed by atoms with Gasteiger partial charge in [0, 0.05) is 5.92 Å². The van der Waals surface area contributed by atoms with Crippen molar-refractivity contribution >= 4 is 6.08 Å². The Labute approximate surface area is 85.6 Å². The summed E-state index contributed by atoms with van der Waals surface area (Å²) in [7, 11) is 0. The molecule has 3 rings (SSSR count). The molecule has 0 N–H and O–H groups in total. The van der Waals surface area contributed by atoms with Crippen LogP contribution in [0.1, 0.15) is 42.0 Å². The zero-order chi connectivity index (χ0) is 9.54. The van der Waals surface area contributed by atoms with Crippen molar-refractivity contribution in [3.05, 3.63) is 46.4 Å². The number of aryl methyl sites for hydroxylation is 2. The van der Waals surface area contributed by atoms with Gasteiger partial charge in [0.25, 0.3) is 0 Å². The SMILES string of the molecule is CC[C]1C=Cc2cc3c(cc21)CCC3. The fourth-order valence-corrected chi connectivity index (χ4v) is 2.65. The van der Waals surface area contributed by atoms with Crippen LogP contribution in [0.3, 0.4) is 0 Å². The maximum absolute atomic E-state index is 2.43. The smallest absolute Gasteiger partial charge is 0.0270 e. The summed E-state index contributed by atoms with van der Waals surface area (Å²) in [5.41, 5.74) is 6.12. The van der Waals surface area contributed by atoms with Crippen LogP contribution in [-0.2, 0) is 12.8 Å². The Morgan fingerprint density at radius 3 is 2.64 bits per heavy atom. The van der Waals surface area contributed by atoms with Gasteiger partial charge in [0.2, 0.25) is 0 Å². The number of hydrogen-bond donors (Lipinski definition) is 0. The van der Waals surface area contributed by atoms with Crippen molar-refractivity contribution in [2.45, 2.75) is 32.6 Å². The van der Waals surface area contributed by atoms with Crippen LogP contribution in [0.4, 0.5) is 0 Å². The Hall–Kier alpha value is -1.04. The molecule has 0 unspecified atom stereocenters. The van der Waals surface area contributed by atoms with Crippen LogP contribution in [0.15, 0.2) is 18.2 Å². The highest BCUT2D eigenvalue weighted by atomic mass is 14.2. The van der Waals surface area contributed by atoms with Gasteiger partial charge in [0.1, 0.15) is 0 Å². The molecule has 1 aromatic rings. The van der Waals surface area contributed by atoms with E-state index in [1.807, 2.05) is 0 Å². The molecule has 0 atom stereocenters. The van der Waals surface area contributed by atoms with Crippen molar-refractivity contribution in [3.63, 3.8) is 0 Å². The second-order valence-electron chi connectivity index (χ2n) is 4.27. The van der Waals surface area contributed by atoms with E-state index in [4.69, 9.17) is 0 Å². The largest absolute Gasteiger partial charge is 0.0721 e. The molecule has 1 radical (unpaired) electrons. The van der Waals surface area contributed by atoms with Crippen LogP contribution in [0, 0.1) is 5.92 Å². The number of fused-ring (bicyclic) bond motifs is 2. The highest BCUT2D eigenvalue weighted by Gasteiger charge is 2.20. The molecular weight excluding hydrogens is 168 g/mol. The lowest BCUT2D eigenvalue weighted by Gasteiger charge is -2.09. The Morgan fingerprint density at radius 1 is 1.07 bits per heavy atom. The maximum atomic E-state index is 2.43. The summed E-state index contributed by atoms with van der Waals surface area (Å²) >= 11 is 0. The topological polar surface area (TPSA) is 0 Å². The van der Waals surface area contributed by atoms with Gasteiger partial charge in [-0.3, -0.25) is 0 Å². The first-order valence-electron chi connectivity index (χ1n) is 5.58. The molecule has 0 heterocycles. The molecule has 0 saturated heterocycles. The van der Waals surface area contributed by atoms with Gasteiger partial charge in [-0.05, 0) is 47.9 Å². The molecule has 2 aliphatic rings. The summed E-state index contributed by atoms with van der Waals surface area (Å²) in [5, 5.41) is 0. The highest BCUT2D eigenvalue weighted by Crippen LogP contribution is 2.35. The highest BCUT2D eigenvalue weighted by molar-refractivity contribution is 5.70. The Balaban J connectivity index is 2.12. The molecule has 2 aliphatic carbocycles. The van der Waals surface area contributed by atoms with Gasteiger partial charge in [-0.25, -0.2) is 0 Å². The lowest BCUT2D eigenvalue weighted by Crippen LogP contribution is -1.94. The molecule has 0 heteroatoms. The third-order valence-corrected chi connectivity index (χ3v) is 3.45. The van der Waals surface area contributed by atoms with Crippen LogP contribution in [0.5, 0.6) is 0 Å². The lowest BCUT2D eigenvalue weighted by atomic mass is 9.94. The molecule has 0 amide bonds. The van der Waals surface area contributed by atoms with E-state index in [0.29, 0.717) is 0 Å². The molecule has 0 fully saturated rings. The summed E-state index contributed by atoms with van der Waals surface area (Å²) in [6.45, 7) is 2.24. The number of allylic oxidation sites excluding steroid dienone is 1. The van der Waals surface area contributed by atoms with Crippen LogP contribution in [-0.4, -0.2) is 0 Å². The van der Waals surface area contributed by atoms with Crippen molar-refractivity contribution in [1.82, 2.24) is 0 Å². The van der Waals surface area contributed by atoms with Crippen LogP contribution in [0.25, 0.3) is 6.08 Å². The van der Waals surface area contributed by atoms with Gasteiger partial charge in [-0.2, -0.15) is 0 Å². The average Bonchev–Trinajstić information content (AvgIpc) is 2.78. The van der Waals surface area contributed by atoms with Gasteiger partial charge >= 0.3 is 0 Å². The van der Waals surface area contributed by atoms with E-state index in [0.717, 1.165) is 6.42 Å². The molecule has 0 saturated carbocycles. The first-order valence-corrected chi connectivity index (χ1v) is 5.58. The average molecular weight is 183 g/mol. The molecular formula is C14H15. The lowest BCUT2D eigenvalue weighted by molar-refractivity contribution is 0.911. The molecule has 14 heavy (non-hydrogen) atoms. The second kappa shape index (κ2) is 2.98. The zero-order valence-electron chi connectivity index (χ0n) is 8.64. The normalized spacial score (nSPS) is 18.6.